The van der Waals surface area contributed by atoms with Crippen LogP contribution in [0, 0.1) is 10.1 Å². The highest BCUT2D eigenvalue weighted by Crippen LogP contribution is 2.40. The van der Waals surface area contributed by atoms with Gasteiger partial charge in [0.2, 0.25) is 0 Å². The van der Waals surface area contributed by atoms with Gasteiger partial charge in [0.15, 0.2) is 5.75 Å². The number of thiophene rings is 1. The molecule has 0 radical (unpaired) electrons. The summed E-state index contributed by atoms with van der Waals surface area (Å²) in [5, 5.41) is 21.8. The second-order valence-corrected chi connectivity index (χ2v) is 3.67. The molecule has 0 saturated heterocycles. The zero-order valence-corrected chi connectivity index (χ0v) is 7.75. The van der Waals surface area contributed by atoms with E-state index in [1.165, 1.54) is 22.8 Å². The molecule has 0 spiro atoms. The zero-order chi connectivity index (χ0) is 10.3. The number of anilines is 1. The van der Waals surface area contributed by atoms with Gasteiger partial charge in [-0.2, -0.15) is 0 Å². The largest absolute Gasteiger partial charge is 0.505 e. The molecule has 0 aliphatic heterocycles. The van der Waals surface area contributed by atoms with Gasteiger partial charge in [0.25, 0.3) is 5.69 Å². The van der Waals surface area contributed by atoms with Crippen LogP contribution in [-0.2, 0) is 0 Å². The quantitative estimate of drug-likeness (QED) is 0.326. The number of hydrogen-bond acceptors (Lipinski definition) is 5. The van der Waals surface area contributed by atoms with Crippen LogP contribution >= 0.6 is 11.3 Å². The van der Waals surface area contributed by atoms with Gasteiger partial charge in [-0.1, -0.05) is 0 Å². The highest BCUT2D eigenvalue weighted by atomic mass is 32.1. The van der Waals surface area contributed by atoms with Crippen LogP contribution in [0.4, 0.5) is 11.4 Å². The minimum absolute atomic E-state index is 0.102. The van der Waals surface area contributed by atoms with Crippen molar-refractivity contribution in [2.24, 2.45) is 0 Å². The van der Waals surface area contributed by atoms with Crippen LogP contribution in [0.25, 0.3) is 10.1 Å². The number of aromatic hydroxyl groups is 1. The molecule has 3 N–H and O–H groups in total. The van der Waals surface area contributed by atoms with Gasteiger partial charge in [-0.3, -0.25) is 10.1 Å². The average molecular weight is 210 g/mol. The van der Waals surface area contributed by atoms with E-state index in [0.29, 0.717) is 4.70 Å². The van der Waals surface area contributed by atoms with Crippen molar-refractivity contribution in [2.75, 3.05) is 5.73 Å². The van der Waals surface area contributed by atoms with Crippen LogP contribution in [0.1, 0.15) is 0 Å². The maximum absolute atomic E-state index is 10.6. The minimum atomic E-state index is -0.530. The molecular formula is C8H6N2O3S. The van der Waals surface area contributed by atoms with Crippen LogP contribution in [0.5, 0.6) is 5.75 Å². The normalized spacial score (nSPS) is 10.6. The Balaban J connectivity index is 2.89. The number of rotatable bonds is 1. The highest BCUT2D eigenvalue weighted by Gasteiger charge is 2.18. The van der Waals surface area contributed by atoms with Gasteiger partial charge in [-0.15, -0.1) is 11.3 Å². The van der Waals surface area contributed by atoms with E-state index in [0.717, 1.165) is 0 Å². The molecule has 2 aromatic rings. The fourth-order valence-electron chi connectivity index (χ4n) is 1.25. The lowest BCUT2D eigenvalue weighted by atomic mass is 10.2. The third-order valence-corrected chi connectivity index (χ3v) is 2.86. The van der Waals surface area contributed by atoms with Crippen molar-refractivity contribution < 1.29 is 10.0 Å². The maximum Gasteiger partial charge on any atom is 0.291 e. The summed E-state index contributed by atoms with van der Waals surface area (Å²) in [6.45, 7) is 0. The molecule has 6 heteroatoms. The molecule has 72 valence electrons. The van der Waals surface area contributed by atoms with E-state index in [1.54, 1.807) is 6.07 Å². The van der Waals surface area contributed by atoms with E-state index in [4.69, 9.17) is 5.73 Å². The summed E-state index contributed by atoms with van der Waals surface area (Å²) in [6, 6.07) is 3.18. The number of nitro groups is 1. The van der Waals surface area contributed by atoms with E-state index in [1.807, 2.05) is 0 Å². The lowest BCUT2D eigenvalue weighted by Crippen LogP contribution is -1.88. The molecule has 0 fully saturated rings. The van der Waals surface area contributed by atoms with Gasteiger partial charge in [-0.05, 0) is 12.1 Å². The van der Waals surface area contributed by atoms with Crippen LogP contribution < -0.4 is 5.73 Å². The number of benzene rings is 1. The zero-order valence-electron chi connectivity index (χ0n) is 6.93. The molecule has 5 nitrogen and oxygen atoms in total. The fourth-order valence-corrected chi connectivity index (χ4v) is 2.16. The number of fused-ring (bicyclic) bond motifs is 1. The number of phenols is 1. The first-order valence-corrected chi connectivity index (χ1v) is 4.62. The summed E-state index contributed by atoms with van der Waals surface area (Å²) in [7, 11) is 0. The van der Waals surface area contributed by atoms with Crippen LogP contribution in [0.2, 0.25) is 0 Å². The van der Waals surface area contributed by atoms with Crippen molar-refractivity contribution in [3.63, 3.8) is 0 Å². The first-order valence-electron chi connectivity index (χ1n) is 3.74. The Morgan fingerprint density at radius 3 is 2.86 bits per heavy atom. The van der Waals surface area contributed by atoms with Crippen molar-refractivity contribution in [1.29, 1.82) is 0 Å². The highest BCUT2D eigenvalue weighted by molar-refractivity contribution is 7.17. The number of hydrogen-bond donors (Lipinski definition) is 2. The van der Waals surface area contributed by atoms with Crippen molar-refractivity contribution in [1.82, 2.24) is 0 Å². The summed E-state index contributed by atoms with van der Waals surface area (Å²) in [4.78, 5) is 10.1. The Bertz CT molecular complexity index is 521. The third kappa shape index (κ3) is 1.08. The molecule has 2 rings (SSSR count). The molecule has 1 aromatic carbocycles. The van der Waals surface area contributed by atoms with Crippen molar-refractivity contribution in [2.45, 2.75) is 0 Å². The lowest BCUT2D eigenvalue weighted by molar-refractivity contribution is -0.382. The Kier molecular flexibility index (Phi) is 1.78. The topological polar surface area (TPSA) is 89.4 Å². The van der Waals surface area contributed by atoms with E-state index in [9.17, 15) is 15.2 Å². The third-order valence-electron chi connectivity index (χ3n) is 1.92. The monoisotopic (exact) mass is 210 g/mol. The molecule has 0 aliphatic rings. The molecule has 0 unspecified atom stereocenters. The fraction of sp³-hybridized carbons (Fsp3) is 0. The van der Waals surface area contributed by atoms with Crippen LogP contribution in [-0.4, -0.2) is 10.0 Å². The molecule has 0 bridgehead atoms. The van der Waals surface area contributed by atoms with Crippen molar-refractivity contribution in [3.8, 4) is 5.75 Å². The SMILES string of the molecule is Nc1ccc2scc([N+](=O)[O-])c2c1O. The van der Waals surface area contributed by atoms with E-state index < -0.39 is 4.92 Å². The first kappa shape index (κ1) is 8.76. The van der Waals surface area contributed by atoms with E-state index in [-0.39, 0.29) is 22.5 Å². The summed E-state index contributed by atoms with van der Waals surface area (Å²) >= 11 is 1.21. The molecule has 0 amide bonds. The molecule has 14 heavy (non-hydrogen) atoms. The lowest BCUT2D eigenvalue weighted by Gasteiger charge is -1.98. The van der Waals surface area contributed by atoms with Gasteiger partial charge in [-0.25, -0.2) is 0 Å². The summed E-state index contributed by atoms with van der Waals surface area (Å²) in [5.41, 5.74) is 5.50. The van der Waals surface area contributed by atoms with Gasteiger partial charge >= 0.3 is 0 Å². The number of nitrogen functional groups attached to an aromatic ring is 1. The number of nitrogens with two attached hydrogens (primary N) is 1. The molecule has 1 heterocycles. The Morgan fingerprint density at radius 1 is 1.50 bits per heavy atom. The molecular weight excluding hydrogens is 204 g/mol. The smallest absolute Gasteiger partial charge is 0.291 e. The predicted molar refractivity (Wildman–Crippen MR) is 54.6 cm³/mol. The van der Waals surface area contributed by atoms with Gasteiger partial charge in [0.05, 0.1) is 16.0 Å². The molecule has 1 aromatic heterocycles. The van der Waals surface area contributed by atoms with Crippen molar-refractivity contribution in [3.05, 3.63) is 27.6 Å². The Labute approximate surface area is 82.5 Å². The second kappa shape index (κ2) is 2.85. The van der Waals surface area contributed by atoms with Gasteiger partial charge < -0.3 is 10.8 Å². The Morgan fingerprint density at radius 2 is 2.21 bits per heavy atom. The van der Waals surface area contributed by atoms with E-state index in [2.05, 4.69) is 0 Å². The molecule has 0 aliphatic carbocycles. The first-order chi connectivity index (χ1) is 6.61. The summed E-state index contributed by atoms with van der Waals surface area (Å²) in [6.07, 6.45) is 0. The van der Waals surface area contributed by atoms with Gasteiger partial charge in [0.1, 0.15) is 5.39 Å². The van der Waals surface area contributed by atoms with E-state index >= 15 is 0 Å². The number of phenolic OH excluding ortho intramolecular Hbond substituents is 1. The maximum atomic E-state index is 10.6. The van der Waals surface area contributed by atoms with Crippen LogP contribution in [0.3, 0.4) is 0 Å². The molecule has 0 saturated carbocycles. The Hall–Kier alpha value is -1.82. The van der Waals surface area contributed by atoms with Crippen molar-refractivity contribution >= 4 is 32.8 Å². The standard InChI is InChI=1S/C8H6N2O3S/c9-4-1-2-6-7(8(4)11)5(3-14-6)10(12)13/h1-3,11H,9H2. The number of nitrogens with zero attached hydrogens (tertiary/aromatic N) is 1. The van der Waals surface area contributed by atoms with Gasteiger partial charge in [0, 0.05) is 4.70 Å². The van der Waals surface area contributed by atoms with Crippen LogP contribution in [0.15, 0.2) is 17.5 Å². The summed E-state index contributed by atoms with van der Waals surface area (Å²) < 4.78 is 0.656. The second-order valence-electron chi connectivity index (χ2n) is 2.75. The minimum Gasteiger partial charge on any atom is -0.505 e. The molecule has 0 atom stereocenters. The predicted octanol–water partition coefficient (Wildman–Crippen LogP) is 2.10. The summed E-state index contributed by atoms with van der Waals surface area (Å²) in [5.74, 6) is -0.213. The average Bonchev–Trinajstić information content (AvgIpc) is 2.55.